The second-order valence-corrected chi connectivity index (χ2v) is 13.4. The van der Waals surface area contributed by atoms with Gasteiger partial charge < -0.3 is 39.8 Å². The fourth-order valence-electron chi connectivity index (χ4n) is 7.69. The van der Waals surface area contributed by atoms with E-state index < -0.39 is 53.5 Å². The first-order valence-corrected chi connectivity index (χ1v) is 17.9. The molecule has 6 atom stereocenters. The third-order valence-electron chi connectivity index (χ3n) is 10.0. The van der Waals surface area contributed by atoms with E-state index in [0.717, 1.165) is 49.7 Å². The molecule has 13 nitrogen and oxygen atoms in total. The van der Waals surface area contributed by atoms with Crippen molar-refractivity contribution in [2.45, 2.75) is 121 Å². The summed E-state index contributed by atoms with van der Waals surface area (Å²) in [7, 11) is 0. The quantitative estimate of drug-likeness (QED) is 0.0905. The number of hydrogen-bond donors (Lipinski definition) is 4. The number of ether oxygens (including phenoxy) is 4. The predicted octanol–water partition coefficient (Wildman–Crippen LogP) is 2.72. The molecule has 3 heterocycles. The number of hydroxylamine groups is 2. The van der Waals surface area contributed by atoms with Crippen LogP contribution in [0.3, 0.4) is 0 Å². The minimum Gasteiger partial charge on any atom is -0.499 e. The van der Waals surface area contributed by atoms with Crippen molar-refractivity contribution in [3.8, 4) is 0 Å². The van der Waals surface area contributed by atoms with Crippen LogP contribution in [0.5, 0.6) is 0 Å². The summed E-state index contributed by atoms with van der Waals surface area (Å²) in [5, 5.41) is 25.2. The molecule has 0 aromatic heterocycles. The molecule has 0 spiro atoms. The molecule has 4 N–H and O–H groups in total. The first-order chi connectivity index (χ1) is 23.8. The Morgan fingerprint density at radius 3 is 2.45 bits per heavy atom. The molecule has 49 heavy (non-hydrogen) atoms. The molecule has 4 aliphatic rings. The highest BCUT2D eigenvalue weighted by Gasteiger charge is 2.76. The Balaban J connectivity index is 1.46. The number of esters is 1. The number of nitrogens with one attached hydrogen (secondary N) is 2. The summed E-state index contributed by atoms with van der Waals surface area (Å²) in [5.74, 6) is -2.14. The number of rotatable bonds is 20. The second kappa shape index (κ2) is 17.2. The Morgan fingerprint density at radius 1 is 1.00 bits per heavy atom. The predicted molar refractivity (Wildman–Crippen MR) is 178 cm³/mol. The number of nitrogens with zero attached hydrogens (tertiary/aromatic N) is 1. The van der Waals surface area contributed by atoms with E-state index in [1.807, 2.05) is 24.3 Å². The molecule has 13 heteroatoms. The number of unbranched alkanes of at least 4 members (excludes halogenated alkanes) is 4. The maximum absolute atomic E-state index is 14.4. The molecule has 5 rings (SSSR count). The van der Waals surface area contributed by atoms with Gasteiger partial charge in [-0.3, -0.25) is 19.2 Å². The molecule has 1 aromatic carbocycles. The first-order valence-electron chi connectivity index (χ1n) is 17.9. The number of fused-ring (bicyclic) bond motifs is 4. The number of hydrogen-bond acceptors (Lipinski definition) is 11. The van der Waals surface area contributed by atoms with Gasteiger partial charge in [-0.2, -0.15) is 5.06 Å². The number of carbonyl (C=O) groups is 3. The molecule has 1 saturated carbocycles. The molecule has 3 saturated heterocycles. The number of carbonyl (C=O) groups excluding carboxylic acids is 3. The van der Waals surface area contributed by atoms with Crippen LogP contribution < -0.4 is 10.6 Å². The zero-order chi connectivity index (χ0) is 34.9. The topological polar surface area (TPSA) is 165 Å². The zero-order valence-corrected chi connectivity index (χ0v) is 28.8. The SMILES string of the molecule is CCCCCC1(CCCCC)O[C@@H]2[C@H](O1)[C@H]1ON(Cc3ccccc3C=COCCO)[C@@H]3C(=O)O[C@@H]2C[C@]13C(=O)NCCC(=O)NCCO. The Labute approximate surface area is 288 Å². The number of amides is 2. The average molecular weight is 688 g/mol. The Kier molecular flexibility index (Phi) is 13.1. The van der Waals surface area contributed by atoms with E-state index in [-0.39, 0.29) is 58.2 Å². The lowest BCUT2D eigenvalue weighted by atomic mass is 9.62. The fourth-order valence-corrected chi connectivity index (χ4v) is 7.69. The lowest BCUT2D eigenvalue weighted by Crippen LogP contribution is -2.69. The summed E-state index contributed by atoms with van der Waals surface area (Å²) in [6.45, 7) is 4.51. The minimum atomic E-state index is -1.36. The van der Waals surface area contributed by atoms with Crippen molar-refractivity contribution in [3.63, 3.8) is 0 Å². The molecule has 272 valence electrons. The lowest BCUT2D eigenvalue weighted by molar-refractivity contribution is -0.224. The van der Waals surface area contributed by atoms with Crippen molar-refractivity contribution >= 4 is 23.9 Å². The largest absolute Gasteiger partial charge is 0.499 e. The second-order valence-electron chi connectivity index (χ2n) is 13.4. The summed E-state index contributed by atoms with van der Waals surface area (Å²) in [4.78, 5) is 47.4. The first kappa shape index (κ1) is 37.2. The van der Waals surface area contributed by atoms with Gasteiger partial charge in [0.1, 0.15) is 36.4 Å². The maximum atomic E-state index is 14.4. The molecule has 4 fully saturated rings. The number of aliphatic hydroxyl groups excluding tert-OH is 2. The van der Waals surface area contributed by atoms with E-state index in [2.05, 4.69) is 24.5 Å². The normalized spacial score (nSPS) is 28.3. The van der Waals surface area contributed by atoms with Gasteiger partial charge in [-0.05, 0) is 30.0 Å². The van der Waals surface area contributed by atoms with E-state index in [4.69, 9.17) is 34.0 Å². The molecule has 1 aliphatic carbocycles. The van der Waals surface area contributed by atoms with Crippen LogP contribution >= 0.6 is 0 Å². The standard InChI is InChI=1S/C36H53N3O10/c1-3-5-9-15-35(16-10-6-4-2)47-29-27-23-36(34(44)38-17-13-28(42)37-18-19-40)31(33(43)46-27)39(49-32(36)30(29)48-35)24-26-12-8-7-11-25(26)14-21-45-22-20-41/h7-8,11-12,14,21,27,29-32,40-41H,3-6,9-10,13,15-20,22-24H2,1-2H3,(H,37,42)(H,38,44)/t27-,29+,30+,31-,32-,36-/m1/s1. The van der Waals surface area contributed by atoms with Crippen LogP contribution in [0.1, 0.15) is 89.2 Å². The average Bonchev–Trinajstić information content (AvgIpc) is 3.65. The van der Waals surface area contributed by atoms with Gasteiger partial charge in [0.25, 0.3) is 0 Å². The van der Waals surface area contributed by atoms with E-state index in [0.29, 0.717) is 12.8 Å². The summed E-state index contributed by atoms with van der Waals surface area (Å²) in [6.07, 6.45) is 8.06. The van der Waals surface area contributed by atoms with Crippen LogP contribution in [-0.4, -0.2) is 102 Å². The van der Waals surface area contributed by atoms with Crippen molar-refractivity contribution in [1.29, 1.82) is 0 Å². The van der Waals surface area contributed by atoms with Gasteiger partial charge in [-0.25, -0.2) is 0 Å². The highest BCUT2D eigenvalue weighted by molar-refractivity contribution is 5.94. The van der Waals surface area contributed by atoms with E-state index >= 15 is 0 Å². The van der Waals surface area contributed by atoms with Crippen molar-refractivity contribution in [2.24, 2.45) is 5.41 Å². The highest BCUT2D eigenvalue weighted by atomic mass is 16.8. The van der Waals surface area contributed by atoms with Crippen LogP contribution in [0.2, 0.25) is 0 Å². The molecule has 3 aliphatic heterocycles. The van der Waals surface area contributed by atoms with Crippen LogP contribution in [0.4, 0.5) is 0 Å². The molecule has 2 bridgehead atoms. The van der Waals surface area contributed by atoms with Gasteiger partial charge in [0.2, 0.25) is 11.8 Å². The number of benzene rings is 1. The Hall–Kier alpha value is -3.07. The molecule has 1 aromatic rings. The monoisotopic (exact) mass is 687 g/mol. The van der Waals surface area contributed by atoms with Crippen molar-refractivity contribution in [1.82, 2.24) is 15.7 Å². The summed E-state index contributed by atoms with van der Waals surface area (Å²) >= 11 is 0. The van der Waals surface area contributed by atoms with Crippen molar-refractivity contribution in [2.75, 3.05) is 32.9 Å². The Morgan fingerprint density at radius 2 is 1.73 bits per heavy atom. The van der Waals surface area contributed by atoms with Gasteiger partial charge in [0.05, 0.1) is 26.0 Å². The maximum Gasteiger partial charge on any atom is 0.327 e. The summed E-state index contributed by atoms with van der Waals surface area (Å²) in [6, 6.07) is 6.52. The van der Waals surface area contributed by atoms with Gasteiger partial charge in [-0.1, -0.05) is 63.8 Å². The van der Waals surface area contributed by atoms with Crippen molar-refractivity contribution in [3.05, 3.63) is 41.7 Å². The van der Waals surface area contributed by atoms with E-state index in [1.165, 1.54) is 6.26 Å². The minimum absolute atomic E-state index is 0.0112. The highest BCUT2D eigenvalue weighted by Crippen LogP contribution is 2.58. The van der Waals surface area contributed by atoms with Crippen molar-refractivity contribution < 1.29 is 48.4 Å². The van der Waals surface area contributed by atoms with Crippen LogP contribution in [0.15, 0.2) is 30.5 Å². The molecular formula is C36H53N3O10. The van der Waals surface area contributed by atoms with Gasteiger partial charge >= 0.3 is 5.97 Å². The van der Waals surface area contributed by atoms with Crippen LogP contribution in [0.25, 0.3) is 6.08 Å². The molecule has 0 unspecified atom stereocenters. The van der Waals surface area contributed by atoms with E-state index in [1.54, 1.807) is 11.1 Å². The van der Waals surface area contributed by atoms with Gasteiger partial charge in [0, 0.05) is 38.8 Å². The van der Waals surface area contributed by atoms with E-state index in [9.17, 15) is 14.4 Å². The number of aliphatic hydroxyl groups is 2. The lowest BCUT2D eigenvalue weighted by Gasteiger charge is -2.48. The third kappa shape index (κ3) is 8.13. The van der Waals surface area contributed by atoms with Gasteiger partial charge in [0.15, 0.2) is 11.8 Å². The molecule has 0 radical (unpaired) electrons. The smallest absolute Gasteiger partial charge is 0.327 e. The van der Waals surface area contributed by atoms with Crippen LogP contribution in [0, 0.1) is 5.41 Å². The summed E-state index contributed by atoms with van der Waals surface area (Å²) < 4.78 is 25.2. The fraction of sp³-hybridized carbons (Fsp3) is 0.694. The molecule has 2 amide bonds. The molecular weight excluding hydrogens is 634 g/mol. The summed E-state index contributed by atoms with van der Waals surface area (Å²) in [5.41, 5.74) is 0.284. The van der Waals surface area contributed by atoms with Gasteiger partial charge in [-0.15, -0.1) is 0 Å². The zero-order valence-electron chi connectivity index (χ0n) is 28.8. The third-order valence-corrected chi connectivity index (χ3v) is 10.0. The Bertz CT molecular complexity index is 1300. The van der Waals surface area contributed by atoms with Crippen LogP contribution in [-0.2, 0) is 44.7 Å².